The Morgan fingerprint density at radius 3 is 1.75 bits per heavy atom. The van der Waals surface area contributed by atoms with Crippen molar-refractivity contribution in [2.45, 2.75) is 31.1 Å². The number of phenols is 1. The number of halogens is 2. The lowest BCUT2D eigenvalue weighted by molar-refractivity contribution is -0.254. The van der Waals surface area contributed by atoms with E-state index in [2.05, 4.69) is 5.73 Å². The standard InChI is InChI=1S/C40H33Cl2N3O6/c41-15-22-17-44(30-13-32(46)26-5-1-3-7-28(26)34(22)30)36(47)39-19-40(20-39,21-39)37(48)45-18-23(16-42)35-29-8-4-2-6-27(29)33(14-31(35)45)51-38(49)50-25-11-9-24(43)10-12-25/h1-14,22-23,46H,15-21,43H2/p+1/t22-,23-,39?,40?/m1/s1. The summed E-state index contributed by atoms with van der Waals surface area (Å²) in [5.74, 6) is 1.11. The third kappa shape index (κ3) is 4.75. The Morgan fingerprint density at radius 2 is 1.20 bits per heavy atom. The highest BCUT2D eigenvalue weighted by molar-refractivity contribution is 6.20. The van der Waals surface area contributed by atoms with Crippen LogP contribution in [0.2, 0.25) is 0 Å². The minimum Gasteiger partial charge on any atom is -0.507 e. The molecule has 2 aliphatic heterocycles. The van der Waals surface area contributed by atoms with Crippen LogP contribution in [-0.2, 0) is 9.59 Å². The Kier molecular flexibility index (Phi) is 7.30. The van der Waals surface area contributed by atoms with Crippen molar-refractivity contribution in [3.8, 4) is 17.2 Å². The van der Waals surface area contributed by atoms with Gasteiger partial charge in [-0.2, -0.15) is 0 Å². The molecule has 5 aliphatic rings. The van der Waals surface area contributed by atoms with Gasteiger partial charge in [-0.3, -0.25) is 9.59 Å². The zero-order chi connectivity index (χ0) is 35.2. The van der Waals surface area contributed by atoms with Crippen molar-refractivity contribution in [1.82, 2.24) is 0 Å². The first-order chi connectivity index (χ1) is 24.6. The van der Waals surface area contributed by atoms with Crippen LogP contribution in [0.25, 0.3) is 21.5 Å². The van der Waals surface area contributed by atoms with Crippen LogP contribution in [0.4, 0.5) is 21.9 Å². The van der Waals surface area contributed by atoms with Crippen LogP contribution in [0.15, 0.2) is 84.9 Å². The van der Waals surface area contributed by atoms with Crippen molar-refractivity contribution in [1.29, 1.82) is 0 Å². The van der Waals surface area contributed by atoms with Gasteiger partial charge in [-0.25, -0.2) is 4.79 Å². The number of rotatable bonds is 6. The van der Waals surface area contributed by atoms with Gasteiger partial charge < -0.3 is 30.1 Å². The molecular weight excluding hydrogens is 689 g/mol. The molecule has 2 amide bonds. The van der Waals surface area contributed by atoms with E-state index >= 15 is 0 Å². The zero-order valence-electron chi connectivity index (χ0n) is 27.5. The fraction of sp³-hybridized carbons (Fsp3) is 0.275. The van der Waals surface area contributed by atoms with Crippen molar-refractivity contribution in [3.63, 3.8) is 0 Å². The van der Waals surface area contributed by atoms with Gasteiger partial charge in [0.05, 0.1) is 22.2 Å². The highest BCUT2D eigenvalue weighted by Gasteiger charge is 2.76. The predicted molar refractivity (Wildman–Crippen MR) is 196 cm³/mol. The lowest BCUT2D eigenvalue weighted by Gasteiger charge is -2.69. The van der Waals surface area contributed by atoms with Crippen LogP contribution in [0.5, 0.6) is 17.2 Å². The second-order valence-corrected chi connectivity index (χ2v) is 15.1. The van der Waals surface area contributed by atoms with Gasteiger partial charge in [0.1, 0.15) is 22.9 Å². The molecule has 0 spiro atoms. The maximum absolute atomic E-state index is 14.5. The fourth-order valence-corrected chi connectivity index (χ4v) is 9.64. The number of hydrogen-bond donors (Lipinski definition) is 2. The number of quaternary nitrogens is 1. The van der Waals surface area contributed by atoms with Crippen LogP contribution in [0, 0.1) is 10.8 Å². The van der Waals surface area contributed by atoms with Crippen LogP contribution >= 0.6 is 23.2 Å². The second-order valence-electron chi connectivity index (χ2n) is 14.5. The summed E-state index contributed by atoms with van der Waals surface area (Å²) in [4.78, 5) is 45.3. The van der Waals surface area contributed by atoms with Gasteiger partial charge in [0, 0.05) is 71.7 Å². The quantitative estimate of drug-likeness (QED) is 0.107. The Hall–Kier alpha value is -4.83. The molecule has 51 heavy (non-hydrogen) atoms. The molecule has 10 rings (SSSR count). The smallest absolute Gasteiger partial charge is 0.507 e. The van der Waals surface area contributed by atoms with Crippen molar-refractivity contribution >= 4 is 79.8 Å². The largest absolute Gasteiger partial charge is 0.519 e. The summed E-state index contributed by atoms with van der Waals surface area (Å²) in [6, 6.07) is 25.4. The number of carbonyl (C=O) groups excluding carboxylic acids is 3. The van der Waals surface area contributed by atoms with Crippen molar-refractivity contribution < 1.29 is 34.7 Å². The maximum Gasteiger partial charge on any atom is 0.519 e. The first-order valence-corrected chi connectivity index (χ1v) is 18.1. The lowest BCUT2D eigenvalue weighted by atomic mass is 9.34. The summed E-state index contributed by atoms with van der Waals surface area (Å²) in [5.41, 5.74) is 6.60. The number of alkyl halides is 2. The van der Waals surface area contributed by atoms with E-state index in [1.807, 2.05) is 48.5 Å². The summed E-state index contributed by atoms with van der Waals surface area (Å²) >= 11 is 13.0. The molecule has 3 aliphatic carbocycles. The van der Waals surface area contributed by atoms with E-state index in [4.69, 9.17) is 32.7 Å². The Bertz CT molecular complexity index is 2290. The molecular formula is C40H34Cl2N3O6+. The SMILES string of the molecule is [NH3+]c1ccc(OC(=O)Oc2cc3c(c4ccccc24)[C@H](CCl)CN3C(=O)C23CC(C(=O)N4C[C@@H](CCl)c5c4cc(O)c4ccccc54)(C2)C3)cc1. The fourth-order valence-electron chi connectivity index (χ4n) is 9.14. The Balaban J connectivity index is 0.987. The molecule has 0 saturated heterocycles. The molecule has 2 atom stereocenters. The second kappa shape index (κ2) is 11.6. The maximum atomic E-state index is 14.5. The van der Waals surface area contributed by atoms with Gasteiger partial charge in [0.25, 0.3) is 0 Å². The predicted octanol–water partition coefficient (Wildman–Crippen LogP) is 7.36. The zero-order valence-corrected chi connectivity index (χ0v) is 29.0. The molecule has 5 aromatic rings. The number of amides is 2. The topological polar surface area (TPSA) is 124 Å². The Morgan fingerprint density at radius 1 is 0.706 bits per heavy atom. The van der Waals surface area contributed by atoms with Gasteiger partial charge in [0.2, 0.25) is 11.8 Å². The highest BCUT2D eigenvalue weighted by Crippen LogP contribution is 2.75. The van der Waals surface area contributed by atoms with E-state index in [1.54, 1.807) is 46.2 Å². The van der Waals surface area contributed by atoms with Gasteiger partial charge >= 0.3 is 6.16 Å². The monoisotopic (exact) mass is 722 g/mol. The summed E-state index contributed by atoms with van der Waals surface area (Å²) in [6.07, 6.45) is 0.437. The summed E-state index contributed by atoms with van der Waals surface area (Å²) in [5, 5.41) is 14.1. The molecule has 4 N–H and O–H groups in total. The van der Waals surface area contributed by atoms with Crippen molar-refractivity contribution in [3.05, 3.63) is 96.1 Å². The van der Waals surface area contributed by atoms with E-state index < -0.39 is 17.0 Å². The number of fused-ring (bicyclic) bond motifs is 6. The third-order valence-electron chi connectivity index (χ3n) is 11.4. The molecule has 0 unspecified atom stereocenters. The average Bonchev–Trinajstić information content (AvgIpc) is 3.67. The molecule has 0 aromatic heterocycles. The van der Waals surface area contributed by atoms with E-state index in [-0.39, 0.29) is 35.1 Å². The number of nitrogens with zero attached hydrogens (tertiary/aromatic N) is 2. The number of aromatic hydroxyl groups is 1. The highest BCUT2D eigenvalue weighted by atomic mass is 35.5. The molecule has 0 radical (unpaired) electrons. The van der Waals surface area contributed by atoms with Crippen LogP contribution in [-0.4, -0.2) is 47.9 Å². The molecule has 258 valence electrons. The Labute approximate surface area is 303 Å². The van der Waals surface area contributed by atoms with Gasteiger partial charge in [-0.1, -0.05) is 48.5 Å². The number of phenolic OH excluding ortho intramolecular Hbond substituents is 1. The molecule has 9 nitrogen and oxygen atoms in total. The number of anilines is 2. The molecule has 2 bridgehead atoms. The van der Waals surface area contributed by atoms with Crippen LogP contribution < -0.4 is 25.0 Å². The van der Waals surface area contributed by atoms with Gasteiger partial charge in [-0.15, -0.1) is 23.2 Å². The number of carbonyl (C=O) groups is 3. The van der Waals surface area contributed by atoms with E-state index in [0.717, 1.165) is 33.0 Å². The van der Waals surface area contributed by atoms with Gasteiger partial charge in [0.15, 0.2) is 0 Å². The van der Waals surface area contributed by atoms with E-state index in [9.17, 15) is 19.5 Å². The average molecular weight is 724 g/mol. The lowest BCUT2D eigenvalue weighted by Crippen LogP contribution is -2.73. The summed E-state index contributed by atoms with van der Waals surface area (Å²) in [7, 11) is 0. The number of benzene rings is 5. The molecule has 3 fully saturated rings. The summed E-state index contributed by atoms with van der Waals surface area (Å²) in [6.45, 7) is 0.822. The van der Waals surface area contributed by atoms with Crippen molar-refractivity contribution in [2.24, 2.45) is 10.8 Å². The van der Waals surface area contributed by atoms with Crippen LogP contribution in [0.3, 0.4) is 0 Å². The van der Waals surface area contributed by atoms with Gasteiger partial charge in [-0.05, 0) is 53.3 Å². The number of ether oxygens (including phenoxy) is 2. The molecule has 5 aromatic carbocycles. The first kappa shape index (κ1) is 32.1. The first-order valence-electron chi connectivity index (χ1n) is 17.0. The molecule has 11 heteroatoms. The summed E-state index contributed by atoms with van der Waals surface area (Å²) < 4.78 is 11.2. The van der Waals surface area contributed by atoms with E-state index in [0.29, 0.717) is 66.6 Å². The van der Waals surface area contributed by atoms with Crippen molar-refractivity contribution in [2.75, 3.05) is 34.6 Å². The van der Waals surface area contributed by atoms with Crippen LogP contribution in [0.1, 0.15) is 42.2 Å². The minimum absolute atomic E-state index is 0.0220. The third-order valence-corrected chi connectivity index (χ3v) is 12.1. The number of hydrogen-bond acceptors (Lipinski definition) is 6. The van der Waals surface area contributed by atoms with E-state index in [1.165, 1.54) is 0 Å². The molecule has 3 saturated carbocycles. The normalized spacial score (nSPS) is 24.1. The molecule has 2 heterocycles. The minimum atomic E-state index is -0.900.